The van der Waals surface area contributed by atoms with Crippen molar-refractivity contribution in [2.75, 3.05) is 17.7 Å². The third-order valence-electron chi connectivity index (χ3n) is 2.58. The monoisotopic (exact) mass is 285 g/mol. The van der Waals surface area contributed by atoms with Gasteiger partial charge in [-0.1, -0.05) is 0 Å². The summed E-state index contributed by atoms with van der Waals surface area (Å²) in [7, 11) is 1.67. The van der Waals surface area contributed by atoms with Crippen molar-refractivity contribution in [3.8, 4) is 0 Å². The summed E-state index contributed by atoms with van der Waals surface area (Å²) in [5.41, 5.74) is -0.610. The Balaban J connectivity index is 2.30. The van der Waals surface area contributed by atoms with Gasteiger partial charge in [0.05, 0.1) is 5.56 Å². The lowest BCUT2D eigenvalue weighted by Crippen LogP contribution is -2.08. The highest BCUT2D eigenvalue weighted by molar-refractivity contribution is 5.63. The van der Waals surface area contributed by atoms with Crippen LogP contribution in [0.3, 0.4) is 0 Å². The van der Waals surface area contributed by atoms with Gasteiger partial charge in [0.1, 0.15) is 11.6 Å². The largest absolute Gasteiger partial charge is 0.419 e. The van der Waals surface area contributed by atoms with Crippen molar-refractivity contribution in [3.63, 3.8) is 0 Å². The highest BCUT2D eigenvalue weighted by Crippen LogP contribution is 2.33. The van der Waals surface area contributed by atoms with Crippen molar-refractivity contribution >= 4 is 17.2 Å². The number of anilines is 3. The number of alkyl halides is 3. The fraction of sp³-hybridized carbons (Fsp3) is 0.154. The third kappa shape index (κ3) is 3.17. The topological polar surface area (TPSA) is 37.0 Å². The zero-order chi connectivity index (χ0) is 14.8. The number of hydrogen-bond donors (Lipinski definition) is 2. The molecule has 0 fully saturated rings. The van der Waals surface area contributed by atoms with E-state index in [4.69, 9.17) is 0 Å². The maximum atomic E-state index is 13.2. The van der Waals surface area contributed by atoms with Crippen molar-refractivity contribution in [1.29, 1.82) is 0 Å². The van der Waals surface area contributed by atoms with Crippen LogP contribution in [0.2, 0.25) is 0 Å². The lowest BCUT2D eigenvalue weighted by molar-refractivity contribution is -0.139. The van der Waals surface area contributed by atoms with E-state index in [9.17, 15) is 17.6 Å². The smallest absolute Gasteiger partial charge is 0.373 e. The minimum Gasteiger partial charge on any atom is -0.373 e. The summed E-state index contributed by atoms with van der Waals surface area (Å²) in [6.45, 7) is 0. The molecular formula is C13H11F4N3. The molecule has 2 aromatic rings. The Labute approximate surface area is 112 Å². The number of aromatic nitrogens is 1. The van der Waals surface area contributed by atoms with Gasteiger partial charge >= 0.3 is 6.18 Å². The molecule has 0 amide bonds. The Kier molecular flexibility index (Phi) is 3.78. The highest BCUT2D eigenvalue weighted by Gasteiger charge is 2.34. The molecule has 0 saturated carbocycles. The number of benzene rings is 1. The van der Waals surface area contributed by atoms with E-state index in [2.05, 4.69) is 15.6 Å². The summed E-state index contributed by atoms with van der Waals surface area (Å²) in [4.78, 5) is 3.98. The molecule has 0 bridgehead atoms. The number of rotatable bonds is 3. The summed E-state index contributed by atoms with van der Waals surface area (Å²) in [5.74, 6) is -0.734. The minimum atomic E-state index is -4.73. The fourth-order valence-corrected chi connectivity index (χ4v) is 1.63. The zero-order valence-electron chi connectivity index (χ0n) is 10.4. The average Bonchev–Trinajstić information content (AvgIpc) is 2.40. The van der Waals surface area contributed by atoms with Gasteiger partial charge in [-0.2, -0.15) is 13.2 Å². The minimum absolute atomic E-state index is 0.145. The van der Waals surface area contributed by atoms with Crippen LogP contribution in [0.15, 0.2) is 36.5 Å². The van der Waals surface area contributed by atoms with Gasteiger partial charge in [0.15, 0.2) is 0 Å². The van der Waals surface area contributed by atoms with Crippen molar-refractivity contribution in [2.45, 2.75) is 6.18 Å². The van der Waals surface area contributed by atoms with E-state index in [0.29, 0.717) is 11.5 Å². The van der Waals surface area contributed by atoms with Crippen LogP contribution in [0.5, 0.6) is 0 Å². The molecular weight excluding hydrogens is 274 g/mol. The Bertz CT molecular complexity index is 611. The van der Waals surface area contributed by atoms with Crippen LogP contribution >= 0.6 is 0 Å². The summed E-state index contributed by atoms with van der Waals surface area (Å²) < 4.78 is 51.0. The first kappa shape index (κ1) is 14.1. The molecule has 0 aliphatic rings. The summed E-state index contributed by atoms with van der Waals surface area (Å²) >= 11 is 0. The molecule has 0 atom stereocenters. The molecule has 2 N–H and O–H groups in total. The molecule has 0 aliphatic carbocycles. The molecule has 3 nitrogen and oxygen atoms in total. The van der Waals surface area contributed by atoms with Gasteiger partial charge in [0.2, 0.25) is 0 Å². The van der Waals surface area contributed by atoms with Gasteiger partial charge in [-0.25, -0.2) is 9.37 Å². The lowest BCUT2D eigenvalue weighted by Gasteiger charge is -2.12. The number of halogens is 4. The van der Waals surface area contributed by atoms with Crippen LogP contribution in [0.4, 0.5) is 34.8 Å². The second kappa shape index (κ2) is 5.36. The molecule has 0 saturated heterocycles. The normalized spacial score (nSPS) is 11.2. The van der Waals surface area contributed by atoms with Crippen molar-refractivity contribution in [1.82, 2.24) is 4.98 Å². The molecule has 0 radical (unpaired) electrons. The molecule has 1 heterocycles. The molecule has 1 aromatic carbocycles. The van der Waals surface area contributed by atoms with Crippen molar-refractivity contribution in [3.05, 3.63) is 47.9 Å². The third-order valence-corrected chi connectivity index (χ3v) is 2.58. The SMILES string of the molecule is CNc1cc(Nc2ccc(F)c(C(F)(F)F)c2)ccn1. The predicted molar refractivity (Wildman–Crippen MR) is 68.5 cm³/mol. The van der Waals surface area contributed by atoms with E-state index < -0.39 is 17.6 Å². The Morgan fingerprint density at radius 3 is 2.40 bits per heavy atom. The summed E-state index contributed by atoms with van der Waals surface area (Å²) in [6, 6.07) is 5.97. The molecule has 0 aliphatic heterocycles. The van der Waals surface area contributed by atoms with Gasteiger partial charge < -0.3 is 10.6 Å². The van der Waals surface area contributed by atoms with Gasteiger partial charge in [0, 0.05) is 30.7 Å². The van der Waals surface area contributed by atoms with Crippen LogP contribution in [-0.4, -0.2) is 12.0 Å². The van der Waals surface area contributed by atoms with Gasteiger partial charge in [-0.05, 0) is 24.3 Å². The number of nitrogens with zero attached hydrogens (tertiary/aromatic N) is 1. The van der Waals surface area contributed by atoms with Gasteiger partial charge in [-0.3, -0.25) is 0 Å². The van der Waals surface area contributed by atoms with Crippen LogP contribution in [0.1, 0.15) is 5.56 Å². The van der Waals surface area contributed by atoms with Crippen LogP contribution in [-0.2, 0) is 6.18 Å². The van der Waals surface area contributed by atoms with Gasteiger partial charge in [-0.15, -0.1) is 0 Å². The summed E-state index contributed by atoms with van der Waals surface area (Å²) in [6.07, 6.45) is -3.22. The van der Waals surface area contributed by atoms with Crippen LogP contribution in [0, 0.1) is 5.82 Å². The average molecular weight is 285 g/mol. The molecule has 20 heavy (non-hydrogen) atoms. The number of pyridine rings is 1. The molecule has 2 rings (SSSR count). The molecule has 106 valence electrons. The predicted octanol–water partition coefficient (Wildman–Crippen LogP) is 4.02. The number of hydrogen-bond acceptors (Lipinski definition) is 3. The first-order valence-corrected chi connectivity index (χ1v) is 5.68. The molecule has 0 unspecified atom stereocenters. The number of nitrogens with one attached hydrogen (secondary N) is 2. The van der Waals surface area contributed by atoms with E-state index >= 15 is 0 Å². The van der Waals surface area contributed by atoms with Gasteiger partial charge in [0.25, 0.3) is 0 Å². The van der Waals surface area contributed by atoms with Crippen LogP contribution in [0.25, 0.3) is 0 Å². The van der Waals surface area contributed by atoms with Crippen molar-refractivity contribution < 1.29 is 17.6 Å². The Hall–Kier alpha value is -2.31. The standard InChI is InChI=1S/C13H11F4N3/c1-18-12-7-9(4-5-19-12)20-8-2-3-11(14)10(6-8)13(15,16)17/h2-7H,1H3,(H2,18,19,20). The highest BCUT2D eigenvalue weighted by atomic mass is 19.4. The quantitative estimate of drug-likeness (QED) is 0.836. The maximum Gasteiger partial charge on any atom is 0.419 e. The lowest BCUT2D eigenvalue weighted by atomic mass is 10.1. The molecule has 0 spiro atoms. The van der Waals surface area contributed by atoms with Crippen LogP contribution < -0.4 is 10.6 Å². The fourth-order valence-electron chi connectivity index (χ4n) is 1.63. The Morgan fingerprint density at radius 2 is 1.75 bits per heavy atom. The van der Waals surface area contributed by atoms with E-state index in [-0.39, 0.29) is 5.69 Å². The van der Waals surface area contributed by atoms with Crippen molar-refractivity contribution in [2.24, 2.45) is 0 Å². The second-order valence-corrected chi connectivity index (χ2v) is 4.00. The zero-order valence-corrected chi connectivity index (χ0v) is 10.4. The molecule has 1 aromatic heterocycles. The summed E-state index contributed by atoms with van der Waals surface area (Å²) in [5, 5.41) is 5.58. The van der Waals surface area contributed by atoms with E-state index in [0.717, 1.165) is 12.1 Å². The Morgan fingerprint density at radius 1 is 1.05 bits per heavy atom. The second-order valence-electron chi connectivity index (χ2n) is 4.00. The first-order valence-electron chi connectivity index (χ1n) is 5.68. The van der Waals surface area contributed by atoms with E-state index in [1.54, 1.807) is 19.2 Å². The maximum absolute atomic E-state index is 13.2. The van der Waals surface area contributed by atoms with E-state index in [1.807, 2.05) is 0 Å². The molecule has 7 heteroatoms. The first-order chi connectivity index (χ1) is 9.40. The van der Waals surface area contributed by atoms with E-state index in [1.165, 1.54) is 12.3 Å².